The van der Waals surface area contributed by atoms with Crippen LogP contribution in [-0.4, -0.2) is 17.4 Å². The maximum Gasteiger partial charge on any atom is 0 e. The number of rotatable bonds is 0. The first-order valence-electron chi connectivity index (χ1n) is 0.626. The highest BCUT2D eigenvalue weighted by Crippen LogP contribution is 1.60. The Kier molecular flexibility index (Phi) is 21.1. The summed E-state index contributed by atoms with van der Waals surface area (Å²) >= 11 is 4.76. The lowest BCUT2D eigenvalue weighted by molar-refractivity contribution is 2.63. The molecule has 2 heteroatoms. The molecular formula is C2H3AlCl. The molecule has 0 saturated heterocycles. The SMILES string of the molecule is C=CCl.[Al]. The van der Waals surface area contributed by atoms with E-state index in [9.17, 15) is 0 Å². The van der Waals surface area contributed by atoms with E-state index in [0.29, 0.717) is 0 Å². The van der Waals surface area contributed by atoms with Gasteiger partial charge in [-0.15, -0.1) is 0 Å². The summed E-state index contributed by atoms with van der Waals surface area (Å²) in [5.74, 6) is 0. The summed E-state index contributed by atoms with van der Waals surface area (Å²) in [5.41, 5.74) is 1.22. The average Bonchev–Trinajstić information content (AvgIpc) is 0.918. The van der Waals surface area contributed by atoms with E-state index in [1.54, 1.807) is 0 Å². The zero-order valence-electron chi connectivity index (χ0n) is 2.24. The maximum atomic E-state index is 4.76. The second-order valence-corrected chi connectivity index (χ2v) is 0.463. The van der Waals surface area contributed by atoms with Gasteiger partial charge in [0.1, 0.15) is 0 Å². The minimum Gasteiger partial charge on any atom is -0.0936 e. The summed E-state index contributed by atoms with van der Waals surface area (Å²) in [6.07, 6.45) is 0. The first-order chi connectivity index (χ1) is 1.41. The molecule has 0 fully saturated rings. The van der Waals surface area contributed by atoms with Crippen molar-refractivity contribution in [1.82, 2.24) is 0 Å². The van der Waals surface area contributed by atoms with Gasteiger partial charge in [-0.05, 0) is 5.54 Å². The van der Waals surface area contributed by atoms with Crippen LogP contribution in [0, 0.1) is 0 Å². The van der Waals surface area contributed by atoms with Gasteiger partial charge in [-0.3, -0.25) is 0 Å². The van der Waals surface area contributed by atoms with Gasteiger partial charge in [-0.25, -0.2) is 0 Å². The van der Waals surface area contributed by atoms with Crippen LogP contribution in [0.3, 0.4) is 0 Å². The third-order valence-corrected chi connectivity index (χ3v) is 0. The molecule has 0 aromatic heterocycles. The number of hydrogen-bond acceptors (Lipinski definition) is 0. The first kappa shape index (κ1) is 8.82. The molecule has 3 radical (unpaired) electrons. The highest BCUT2D eigenvalue weighted by atomic mass is 35.5. The quantitative estimate of drug-likeness (QED) is 0.388. The summed E-state index contributed by atoms with van der Waals surface area (Å²) in [6.45, 7) is 3.13. The molecule has 0 spiro atoms. The van der Waals surface area contributed by atoms with E-state index in [2.05, 4.69) is 6.58 Å². The second kappa shape index (κ2) is 9.58. The lowest BCUT2D eigenvalue weighted by Crippen LogP contribution is -0.926. The van der Waals surface area contributed by atoms with Crippen molar-refractivity contribution < 1.29 is 0 Å². The van der Waals surface area contributed by atoms with Crippen LogP contribution in [0.1, 0.15) is 0 Å². The summed E-state index contributed by atoms with van der Waals surface area (Å²) in [5, 5.41) is 0. The molecule has 0 aliphatic carbocycles. The third-order valence-electron chi connectivity index (χ3n) is 0. The van der Waals surface area contributed by atoms with Gasteiger partial charge >= 0.3 is 0 Å². The van der Waals surface area contributed by atoms with Crippen molar-refractivity contribution in [2.75, 3.05) is 0 Å². The molecule has 21 valence electrons. The average molecular weight is 89.5 g/mol. The van der Waals surface area contributed by atoms with Crippen LogP contribution in [0.2, 0.25) is 0 Å². The lowest BCUT2D eigenvalue weighted by Gasteiger charge is -1.27. The zero-order chi connectivity index (χ0) is 2.71. The van der Waals surface area contributed by atoms with E-state index in [0.717, 1.165) is 0 Å². The molecule has 0 bridgehead atoms. The van der Waals surface area contributed by atoms with Crippen molar-refractivity contribution in [2.24, 2.45) is 0 Å². The Morgan fingerprint density at radius 2 is 1.75 bits per heavy atom. The van der Waals surface area contributed by atoms with Crippen molar-refractivity contribution in [1.29, 1.82) is 0 Å². The normalized spacial score (nSPS) is 3.25. The molecule has 0 aliphatic heterocycles. The van der Waals surface area contributed by atoms with Crippen LogP contribution in [0.4, 0.5) is 0 Å². The summed E-state index contributed by atoms with van der Waals surface area (Å²) in [4.78, 5) is 0. The first-order valence-corrected chi connectivity index (χ1v) is 1.06. The van der Waals surface area contributed by atoms with E-state index in [4.69, 9.17) is 11.6 Å². The minimum absolute atomic E-state index is 0. The van der Waals surface area contributed by atoms with Crippen LogP contribution in [0.15, 0.2) is 12.1 Å². The molecule has 0 N–H and O–H groups in total. The van der Waals surface area contributed by atoms with Crippen LogP contribution in [0.5, 0.6) is 0 Å². The standard InChI is InChI=1S/C2H3Cl.Al/c1-2-3;/h2H,1H2;. The Labute approximate surface area is 41.6 Å². The third kappa shape index (κ3) is 19.8. The zero-order valence-corrected chi connectivity index (χ0v) is 4.15. The molecular weight excluding hydrogens is 86.5 g/mol. The molecule has 0 saturated carbocycles. The predicted octanol–water partition coefficient (Wildman–Crippen LogP) is 0.988. The topological polar surface area (TPSA) is 0 Å². The molecule has 0 aliphatic rings. The van der Waals surface area contributed by atoms with Gasteiger partial charge in [0, 0.05) is 17.4 Å². The van der Waals surface area contributed by atoms with E-state index >= 15 is 0 Å². The Morgan fingerprint density at radius 3 is 1.75 bits per heavy atom. The van der Waals surface area contributed by atoms with E-state index in [-0.39, 0.29) is 17.4 Å². The molecule has 0 amide bonds. The van der Waals surface area contributed by atoms with Crippen molar-refractivity contribution in [3.8, 4) is 0 Å². The predicted molar refractivity (Wildman–Crippen MR) is 21.8 cm³/mol. The van der Waals surface area contributed by atoms with Crippen LogP contribution in [-0.2, 0) is 0 Å². The Balaban J connectivity index is 0. The minimum atomic E-state index is 0. The highest BCUT2D eigenvalue weighted by molar-refractivity contribution is 6.25. The summed E-state index contributed by atoms with van der Waals surface area (Å²) in [6, 6.07) is 0. The van der Waals surface area contributed by atoms with Crippen molar-refractivity contribution in [3.63, 3.8) is 0 Å². The van der Waals surface area contributed by atoms with Crippen LogP contribution in [0.25, 0.3) is 0 Å². The summed E-state index contributed by atoms with van der Waals surface area (Å²) < 4.78 is 0. The number of halogens is 1. The van der Waals surface area contributed by atoms with E-state index < -0.39 is 0 Å². The maximum absolute atomic E-state index is 4.76. The van der Waals surface area contributed by atoms with E-state index in [1.807, 2.05) is 0 Å². The van der Waals surface area contributed by atoms with Gasteiger partial charge in [0.2, 0.25) is 0 Å². The molecule has 0 rings (SSSR count). The molecule has 0 atom stereocenters. The monoisotopic (exact) mass is 89.0 g/mol. The fraction of sp³-hybridized carbons (Fsp3) is 0. The van der Waals surface area contributed by atoms with Crippen molar-refractivity contribution in [3.05, 3.63) is 12.1 Å². The summed E-state index contributed by atoms with van der Waals surface area (Å²) in [7, 11) is 0. The Morgan fingerprint density at radius 1 is 1.75 bits per heavy atom. The molecule has 0 heterocycles. The lowest BCUT2D eigenvalue weighted by atomic mass is 11.3. The van der Waals surface area contributed by atoms with Crippen LogP contribution >= 0.6 is 11.6 Å². The number of hydrogen-bond donors (Lipinski definition) is 0. The largest absolute Gasteiger partial charge is 0.0936 e. The molecule has 4 heavy (non-hydrogen) atoms. The van der Waals surface area contributed by atoms with E-state index in [1.165, 1.54) is 5.54 Å². The van der Waals surface area contributed by atoms with Crippen molar-refractivity contribution >= 4 is 29.0 Å². The smallest absolute Gasteiger partial charge is 0 e. The Bertz CT molecular complexity index is 13.5. The Hall–Kier alpha value is 0.562. The van der Waals surface area contributed by atoms with Gasteiger partial charge in [-0.2, -0.15) is 0 Å². The van der Waals surface area contributed by atoms with Crippen molar-refractivity contribution in [2.45, 2.75) is 0 Å². The fourth-order valence-corrected chi connectivity index (χ4v) is 0. The molecule has 0 aromatic rings. The van der Waals surface area contributed by atoms with Gasteiger partial charge in [0.25, 0.3) is 0 Å². The van der Waals surface area contributed by atoms with Gasteiger partial charge in [0.05, 0.1) is 0 Å². The highest BCUT2D eigenvalue weighted by Gasteiger charge is 1.18. The molecule has 0 unspecified atom stereocenters. The van der Waals surface area contributed by atoms with Crippen LogP contribution < -0.4 is 0 Å². The van der Waals surface area contributed by atoms with Gasteiger partial charge in [0.15, 0.2) is 0 Å². The van der Waals surface area contributed by atoms with Gasteiger partial charge in [-0.1, -0.05) is 18.2 Å². The second-order valence-electron chi connectivity index (χ2n) is 0.154. The van der Waals surface area contributed by atoms with Gasteiger partial charge < -0.3 is 0 Å². The molecule has 0 aromatic carbocycles. The fourth-order valence-electron chi connectivity index (χ4n) is 0. The molecule has 0 nitrogen and oxygen atoms in total.